The summed E-state index contributed by atoms with van der Waals surface area (Å²) in [6, 6.07) is 6.46. The van der Waals surface area contributed by atoms with E-state index >= 15 is 0 Å². The molecule has 0 amide bonds. The first kappa shape index (κ1) is 16.7. The molecular formula is C15H11ClF5N. The summed E-state index contributed by atoms with van der Waals surface area (Å²) < 4.78 is 64.1. The van der Waals surface area contributed by atoms with Gasteiger partial charge < -0.3 is 0 Å². The molecular weight excluding hydrogens is 325 g/mol. The second-order valence-corrected chi connectivity index (χ2v) is 5.29. The number of aromatic nitrogens is 1. The largest absolute Gasteiger partial charge is 0.311 e. The first-order chi connectivity index (χ1) is 10.3. The minimum absolute atomic E-state index is 0.183. The zero-order chi connectivity index (χ0) is 16.3. The molecule has 0 N–H and O–H groups in total. The van der Waals surface area contributed by atoms with Gasteiger partial charge in [0.05, 0.1) is 5.02 Å². The molecule has 0 spiro atoms. The van der Waals surface area contributed by atoms with Crippen LogP contribution in [0.3, 0.4) is 0 Å². The third-order valence-electron chi connectivity index (χ3n) is 2.95. The van der Waals surface area contributed by atoms with Crippen LogP contribution < -0.4 is 0 Å². The summed E-state index contributed by atoms with van der Waals surface area (Å²) >= 11 is 5.69. The Hall–Kier alpha value is -1.69. The van der Waals surface area contributed by atoms with Gasteiger partial charge in [0.25, 0.3) is 0 Å². The van der Waals surface area contributed by atoms with E-state index < -0.39 is 24.6 Å². The zero-order valence-corrected chi connectivity index (χ0v) is 11.9. The summed E-state index contributed by atoms with van der Waals surface area (Å²) in [5.74, 6) is -4.95. The van der Waals surface area contributed by atoms with Gasteiger partial charge in [-0.3, -0.25) is 4.98 Å². The monoisotopic (exact) mass is 335 g/mol. The van der Waals surface area contributed by atoms with Crippen LogP contribution in [-0.2, 0) is 12.8 Å². The molecule has 1 aromatic carbocycles. The van der Waals surface area contributed by atoms with E-state index in [1.165, 1.54) is 12.3 Å². The van der Waals surface area contributed by atoms with Crippen molar-refractivity contribution in [3.8, 4) is 0 Å². The molecule has 0 unspecified atom stereocenters. The van der Waals surface area contributed by atoms with Crippen molar-refractivity contribution in [2.24, 2.45) is 0 Å². The second-order valence-electron chi connectivity index (χ2n) is 4.85. The molecule has 1 heterocycles. The van der Waals surface area contributed by atoms with Crippen molar-refractivity contribution in [2.45, 2.75) is 25.2 Å². The fourth-order valence-corrected chi connectivity index (χ4v) is 2.10. The van der Waals surface area contributed by atoms with Gasteiger partial charge in [-0.1, -0.05) is 17.7 Å². The summed E-state index contributed by atoms with van der Waals surface area (Å²) in [4.78, 5) is 4.01. The number of hydrogen-bond donors (Lipinski definition) is 0. The van der Waals surface area contributed by atoms with Crippen molar-refractivity contribution in [1.82, 2.24) is 4.98 Å². The quantitative estimate of drug-likeness (QED) is 0.708. The van der Waals surface area contributed by atoms with E-state index in [-0.39, 0.29) is 12.0 Å². The van der Waals surface area contributed by atoms with Crippen LogP contribution in [0.25, 0.3) is 0 Å². The Labute approximate surface area is 128 Å². The van der Waals surface area contributed by atoms with E-state index in [2.05, 4.69) is 4.98 Å². The van der Waals surface area contributed by atoms with Gasteiger partial charge in [-0.05, 0) is 35.4 Å². The highest BCUT2D eigenvalue weighted by Gasteiger charge is 2.40. The molecule has 0 saturated carbocycles. The number of alkyl halides is 4. The maximum absolute atomic E-state index is 13.5. The van der Waals surface area contributed by atoms with Gasteiger partial charge in [0.1, 0.15) is 5.82 Å². The van der Waals surface area contributed by atoms with E-state index in [9.17, 15) is 22.0 Å². The Balaban J connectivity index is 2.21. The molecule has 0 atom stereocenters. The van der Waals surface area contributed by atoms with Crippen LogP contribution >= 0.6 is 11.6 Å². The number of benzene rings is 1. The number of hydrogen-bond acceptors (Lipinski definition) is 1. The van der Waals surface area contributed by atoms with Crippen LogP contribution in [-0.4, -0.2) is 17.3 Å². The van der Waals surface area contributed by atoms with Crippen LogP contribution in [0.5, 0.6) is 0 Å². The Morgan fingerprint density at radius 3 is 2.36 bits per heavy atom. The van der Waals surface area contributed by atoms with Crippen molar-refractivity contribution in [2.75, 3.05) is 0 Å². The SMILES string of the molecule is Fc1cc(Cc2ccc(Cl)cn2)cc(CC(F)(F)C(F)F)c1. The van der Waals surface area contributed by atoms with Gasteiger partial charge in [0.2, 0.25) is 0 Å². The highest BCUT2D eigenvalue weighted by atomic mass is 35.5. The van der Waals surface area contributed by atoms with Crippen LogP contribution in [0.4, 0.5) is 22.0 Å². The van der Waals surface area contributed by atoms with Gasteiger partial charge in [0.15, 0.2) is 0 Å². The van der Waals surface area contributed by atoms with Crippen molar-refractivity contribution < 1.29 is 22.0 Å². The molecule has 0 aliphatic rings. The normalized spacial score (nSPS) is 12.0. The average molecular weight is 336 g/mol. The Morgan fingerprint density at radius 2 is 1.77 bits per heavy atom. The second kappa shape index (κ2) is 6.60. The summed E-state index contributed by atoms with van der Waals surface area (Å²) in [5, 5.41) is 0.431. The topological polar surface area (TPSA) is 12.9 Å². The van der Waals surface area contributed by atoms with E-state index in [1.807, 2.05) is 0 Å². The number of halogens is 6. The average Bonchev–Trinajstić information content (AvgIpc) is 2.40. The van der Waals surface area contributed by atoms with Gasteiger partial charge in [-0.25, -0.2) is 13.2 Å². The molecule has 1 aromatic heterocycles. The lowest BCUT2D eigenvalue weighted by Gasteiger charge is -2.15. The van der Waals surface area contributed by atoms with E-state index in [4.69, 9.17) is 11.6 Å². The first-order valence-electron chi connectivity index (χ1n) is 6.31. The lowest BCUT2D eigenvalue weighted by atomic mass is 10.0. The molecule has 0 radical (unpaired) electrons. The molecule has 0 saturated heterocycles. The number of rotatable bonds is 5. The molecule has 1 nitrogen and oxygen atoms in total. The van der Waals surface area contributed by atoms with E-state index in [0.717, 1.165) is 12.1 Å². The number of pyridine rings is 1. The van der Waals surface area contributed by atoms with Crippen molar-refractivity contribution in [3.63, 3.8) is 0 Å². The molecule has 118 valence electrons. The smallest absolute Gasteiger partial charge is 0.259 e. The molecule has 7 heteroatoms. The first-order valence-corrected chi connectivity index (χ1v) is 6.69. The summed E-state index contributed by atoms with van der Waals surface area (Å²) in [6.07, 6.45) is -3.43. The van der Waals surface area contributed by atoms with E-state index in [0.29, 0.717) is 16.3 Å². The third-order valence-corrected chi connectivity index (χ3v) is 3.17. The minimum Gasteiger partial charge on any atom is -0.259 e. The molecule has 0 bridgehead atoms. The fraction of sp³-hybridized carbons (Fsp3) is 0.267. The summed E-state index contributed by atoms with van der Waals surface area (Å²) in [7, 11) is 0. The van der Waals surface area contributed by atoms with Gasteiger partial charge in [0, 0.05) is 24.7 Å². The molecule has 2 rings (SSSR count). The maximum Gasteiger partial charge on any atom is 0.311 e. The Kier molecular flexibility index (Phi) is 5.01. The Morgan fingerprint density at radius 1 is 1.09 bits per heavy atom. The highest BCUT2D eigenvalue weighted by molar-refractivity contribution is 6.30. The molecule has 0 fully saturated rings. The molecule has 22 heavy (non-hydrogen) atoms. The Bertz CT molecular complexity index is 643. The van der Waals surface area contributed by atoms with E-state index in [1.54, 1.807) is 12.1 Å². The van der Waals surface area contributed by atoms with Gasteiger partial charge in [-0.2, -0.15) is 8.78 Å². The van der Waals surface area contributed by atoms with Crippen LogP contribution in [0.2, 0.25) is 5.02 Å². The van der Waals surface area contributed by atoms with Crippen LogP contribution in [0.15, 0.2) is 36.5 Å². The molecule has 2 aromatic rings. The minimum atomic E-state index is -4.19. The summed E-state index contributed by atoms with van der Waals surface area (Å²) in [5.41, 5.74) is 0.741. The molecule has 0 aliphatic carbocycles. The maximum atomic E-state index is 13.5. The number of nitrogens with zero attached hydrogens (tertiary/aromatic N) is 1. The van der Waals surface area contributed by atoms with Crippen molar-refractivity contribution >= 4 is 11.6 Å². The predicted octanol–water partition coefficient (Wildman–Crippen LogP) is 4.91. The lowest BCUT2D eigenvalue weighted by Crippen LogP contribution is -2.29. The predicted molar refractivity (Wildman–Crippen MR) is 73.1 cm³/mol. The van der Waals surface area contributed by atoms with Crippen LogP contribution in [0, 0.1) is 5.82 Å². The molecule has 0 aliphatic heterocycles. The highest BCUT2D eigenvalue weighted by Crippen LogP contribution is 2.28. The standard InChI is InChI=1S/C15H11ClF5N/c16-11-1-2-13(22-8-11)6-9-3-10(5-12(17)4-9)7-15(20,21)14(18)19/h1-5,8,14H,6-7H2. The lowest BCUT2D eigenvalue weighted by molar-refractivity contribution is -0.127. The van der Waals surface area contributed by atoms with Crippen LogP contribution in [0.1, 0.15) is 16.8 Å². The summed E-state index contributed by atoms with van der Waals surface area (Å²) in [6.45, 7) is 0. The zero-order valence-electron chi connectivity index (χ0n) is 11.2. The fourth-order valence-electron chi connectivity index (χ4n) is 1.99. The van der Waals surface area contributed by atoms with Gasteiger partial charge in [-0.15, -0.1) is 0 Å². The van der Waals surface area contributed by atoms with Crippen molar-refractivity contribution in [1.29, 1.82) is 0 Å². The van der Waals surface area contributed by atoms with Crippen molar-refractivity contribution in [3.05, 3.63) is 64.2 Å². The van der Waals surface area contributed by atoms with Gasteiger partial charge >= 0.3 is 12.3 Å². The third kappa shape index (κ3) is 4.40.